The molecule has 0 saturated carbocycles. The SMILES string of the molecule is Cc1cc(NO)nc(NC(=O)Nc2ccc3ccccc3c2)n1. The van der Waals surface area contributed by atoms with E-state index in [9.17, 15) is 4.79 Å². The summed E-state index contributed by atoms with van der Waals surface area (Å²) in [4.78, 5) is 20.1. The number of urea groups is 1. The average Bonchev–Trinajstić information content (AvgIpc) is 2.54. The van der Waals surface area contributed by atoms with Crippen molar-refractivity contribution in [1.82, 2.24) is 9.97 Å². The number of nitrogens with one attached hydrogen (secondary N) is 3. The molecule has 7 heteroatoms. The molecule has 2 amide bonds. The van der Waals surface area contributed by atoms with Crippen molar-refractivity contribution in [2.24, 2.45) is 0 Å². The van der Waals surface area contributed by atoms with Crippen LogP contribution in [0.15, 0.2) is 48.5 Å². The van der Waals surface area contributed by atoms with E-state index in [4.69, 9.17) is 5.21 Å². The number of aryl methyl sites for hydroxylation is 1. The molecule has 3 rings (SSSR count). The highest BCUT2D eigenvalue weighted by Gasteiger charge is 2.07. The fourth-order valence-corrected chi connectivity index (χ4v) is 2.21. The van der Waals surface area contributed by atoms with Gasteiger partial charge in [0.1, 0.15) is 0 Å². The Bertz CT molecular complexity index is 866. The van der Waals surface area contributed by atoms with Gasteiger partial charge in [0.15, 0.2) is 5.82 Å². The maximum Gasteiger partial charge on any atom is 0.326 e. The van der Waals surface area contributed by atoms with E-state index in [0.717, 1.165) is 10.8 Å². The Morgan fingerprint density at radius 2 is 1.78 bits per heavy atom. The van der Waals surface area contributed by atoms with E-state index in [1.54, 1.807) is 13.0 Å². The molecular weight excluding hydrogens is 294 g/mol. The van der Waals surface area contributed by atoms with Crippen molar-refractivity contribution >= 4 is 34.3 Å². The second-order valence-electron chi connectivity index (χ2n) is 4.97. The van der Waals surface area contributed by atoms with Crippen molar-refractivity contribution in [3.05, 3.63) is 54.2 Å². The molecule has 0 fully saturated rings. The lowest BCUT2D eigenvalue weighted by atomic mass is 10.1. The Hall–Kier alpha value is -3.19. The number of hydrogen-bond donors (Lipinski definition) is 4. The topological polar surface area (TPSA) is 99.2 Å². The van der Waals surface area contributed by atoms with Crippen LogP contribution in [0.2, 0.25) is 0 Å². The van der Waals surface area contributed by atoms with Crippen molar-refractivity contribution < 1.29 is 10.0 Å². The molecule has 1 aromatic heterocycles. The van der Waals surface area contributed by atoms with Gasteiger partial charge in [-0.25, -0.2) is 9.78 Å². The van der Waals surface area contributed by atoms with Gasteiger partial charge in [0, 0.05) is 17.4 Å². The summed E-state index contributed by atoms with van der Waals surface area (Å²) in [5.41, 5.74) is 3.20. The molecule has 0 aliphatic rings. The first kappa shape index (κ1) is 14.7. The quantitative estimate of drug-likeness (QED) is 0.556. The predicted octanol–water partition coefficient (Wildman–Crippen LogP) is 3.38. The number of hydrogen-bond acceptors (Lipinski definition) is 5. The molecule has 1 heterocycles. The van der Waals surface area contributed by atoms with Crippen molar-refractivity contribution in [3.63, 3.8) is 0 Å². The minimum absolute atomic E-state index is 0.0971. The van der Waals surface area contributed by atoms with Gasteiger partial charge in [-0.3, -0.25) is 16.0 Å². The molecule has 116 valence electrons. The zero-order chi connectivity index (χ0) is 16.2. The lowest BCUT2D eigenvalue weighted by molar-refractivity contribution is 0.262. The average molecular weight is 309 g/mol. The van der Waals surface area contributed by atoms with Crippen LogP contribution in [-0.2, 0) is 0 Å². The summed E-state index contributed by atoms with van der Waals surface area (Å²) in [6.45, 7) is 1.73. The Balaban J connectivity index is 1.74. The highest BCUT2D eigenvalue weighted by atomic mass is 16.5. The van der Waals surface area contributed by atoms with Crippen LogP contribution in [0.25, 0.3) is 10.8 Å². The molecular formula is C16H15N5O2. The van der Waals surface area contributed by atoms with Gasteiger partial charge in [-0.1, -0.05) is 30.3 Å². The summed E-state index contributed by atoms with van der Waals surface area (Å²) in [6, 6.07) is 14.6. The molecule has 0 bridgehead atoms. The third-order valence-electron chi connectivity index (χ3n) is 3.20. The highest BCUT2D eigenvalue weighted by molar-refractivity contribution is 6.00. The molecule has 0 radical (unpaired) electrons. The van der Waals surface area contributed by atoms with Gasteiger partial charge in [-0.2, -0.15) is 4.98 Å². The fraction of sp³-hybridized carbons (Fsp3) is 0.0625. The molecule has 3 aromatic rings. The number of carbonyl (C=O) groups is 1. The lowest BCUT2D eigenvalue weighted by Crippen LogP contribution is -2.21. The lowest BCUT2D eigenvalue weighted by Gasteiger charge is -2.09. The Morgan fingerprint density at radius 3 is 2.57 bits per heavy atom. The Morgan fingerprint density at radius 1 is 1.00 bits per heavy atom. The summed E-state index contributed by atoms with van der Waals surface area (Å²) in [5.74, 6) is 0.304. The molecule has 0 saturated heterocycles. The van der Waals surface area contributed by atoms with Crippen molar-refractivity contribution in [3.8, 4) is 0 Å². The van der Waals surface area contributed by atoms with E-state index in [1.807, 2.05) is 47.9 Å². The molecule has 0 aliphatic carbocycles. The van der Waals surface area contributed by atoms with Crippen molar-refractivity contribution in [1.29, 1.82) is 0 Å². The Kier molecular flexibility index (Phi) is 4.03. The predicted molar refractivity (Wildman–Crippen MR) is 88.8 cm³/mol. The number of benzene rings is 2. The Labute approximate surface area is 132 Å². The zero-order valence-electron chi connectivity index (χ0n) is 12.4. The molecule has 23 heavy (non-hydrogen) atoms. The summed E-state index contributed by atoms with van der Waals surface area (Å²) in [7, 11) is 0. The van der Waals surface area contributed by atoms with E-state index in [0.29, 0.717) is 11.4 Å². The van der Waals surface area contributed by atoms with E-state index in [2.05, 4.69) is 20.6 Å². The molecule has 4 N–H and O–H groups in total. The van der Waals surface area contributed by atoms with Crippen LogP contribution in [0.3, 0.4) is 0 Å². The van der Waals surface area contributed by atoms with Gasteiger partial charge < -0.3 is 5.32 Å². The van der Waals surface area contributed by atoms with Crippen LogP contribution in [0.4, 0.5) is 22.2 Å². The number of rotatable bonds is 3. The van der Waals surface area contributed by atoms with Crippen LogP contribution in [0.1, 0.15) is 5.69 Å². The first-order valence-electron chi connectivity index (χ1n) is 6.96. The monoisotopic (exact) mass is 309 g/mol. The van der Waals surface area contributed by atoms with Crippen LogP contribution >= 0.6 is 0 Å². The molecule has 0 atom stereocenters. The maximum atomic E-state index is 12.0. The van der Waals surface area contributed by atoms with Crippen LogP contribution in [-0.4, -0.2) is 21.2 Å². The van der Waals surface area contributed by atoms with E-state index in [-0.39, 0.29) is 11.8 Å². The third-order valence-corrected chi connectivity index (χ3v) is 3.20. The number of carbonyl (C=O) groups excluding carboxylic acids is 1. The summed E-state index contributed by atoms with van der Waals surface area (Å²) in [6.07, 6.45) is 0. The number of amides is 2. The smallest absolute Gasteiger partial charge is 0.308 e. The normalized spacial score (nSPS) is 10.3. The van der Waals surface area contributed by atoms with Gasteiger partial charge in [0.25, 0.3) is 0 Å². The summed E-state index contributed by atoms with van der Waals surface area (Å²) < 4.78 is 0. The number of aromatic nitrogens is 2. The van der Waals surface area contributed by atoms with Crippen molar-refractivity contribution in [2.45, 2.75) is 6.92 Å². The number of anilines is 3. The second kappa shape index (κ2) is 6.29. The van der Waals surface area contributed by atoms with Crippen LogP contribution in [0.5, 0.6) is 0 Å². The first-order chi connectivity index (χ1) is 11.1. The van der Waals surface area contributed by atoms with Crippen LogP contribution < -0.4 is 16.1 Å². The van der Waals surface area contributed by atoms with Crippen LogP contribution in [0, 0.1) is 6.92 Å². The van der Waals surface area contributed by atoms with Gasteiger partial charge in [-0.05, 0) is 29.8 Å². The zero-order valence-corrected chi connectivity index (χ0v) is 12.4. The molecule has 0 spiro atoms. The fourth-order valence-electron chi connectivity index (χ4n) is 2.21. The first-order valence-corrected chi connectivity index (χ1v) is 6.96. The minimum atomic E-state index is -0.463. The molecule has 2 aromatic carbocycles. The van der Waals surface area contributed by atoms with Gasteiger partial charge in [-0.15, -0.1) is 0 Å². The third kappa shape index (κ3) is 3.53. The number of fused-ring (bicyclic) bond motifs is 1. The minimum Gasteiger partial charge on any atom is -0.308 e. The maximum absolute atomic E-state index is 12.0. The standard InChI is InChI=1S/C16H15N5O2/c1-10-8-14(21-23)19-15(17-10)20-16(22)18-13-7-6-11-4-2-3-5-12(11)9-13/h2-9,23H,1H3,(H3,17,18,19,20,21,22). The van der Waals surface area contributed by atoms with Gasteiger partial charge in [0.05, 0.1) is 0 Å². The summed E-state index contributed by atoms with van der Waals surface area (Å²) >= 11 is 0. The highest BCUT2D eigenvalue weighted by Crippen LogP contribution is 2.19. The van der Waals surface area contributed by atoms with Gasteiger partial charge in [0.2, 0.25) is 5.95 Å². The second-order valence-corrected chi connectivity index (χ2v) is 4.97. The van der Waals surface area contributed by atoms with E-state index >= 15 is 0 Å². The molecule has 7 nitrogen and oxygen atoms in total. The molecule has 0 aliphatic heterocycles. The van der Waals surface area contributed by atoms with Gasteiger partial charge >= 0.3 is 6.03 Å². The van der Waals surface area contributed by atoms with Crippen molar-refractivity contribution in [2.75, 3.05) is 16.1 Å². The van der Waals surface area contributed by atoms with E-state index in [1.165, 1.54) is 0 Å². The molecule has 0 unspecified atom stereocenters. The van der Waals surface area contributed by atoms with E-state index < -0.39 is 6.03 Å². The summed E-state index contributed by atoms with van der Waals surface area (Å²) in [5, 5.41) is 16.3. The largest absolute Gasteiger partial charge is 0.326 e. The number of nitrogens with zero attached hydrogens (tertiary/aromatic N) is 2.